The van der Waals surface area contributed by atoms with Gasteiger partial charge in [0.15, 0.2) is 0 Å². The fourth-order valence-electron chi connectivity index (χ4n) is 1.68. The zero-order valence-corrected chi connectivity index (χ0v) is 10.7. The summed E-state index contributed by atoms with van der Waals surface area (Å²) in [5, 5.41) is 8.92. The van der Waals surface area contributed by atoms with Gasteiger partial charge in [-0.25, -0.2) is 4.79 Å². The van der Waals surface area contributed by atoms with Gasteiger partial charge >= 0.3 is 5.97 Å². The molecule has 94 valence electrons. The van der Waals surface area contributed by atoms with E-state index in [1.165, 1.54) is 0 Å². The second kappa shape index (κ2) is 8.34. The van der Waals surface area contributed by atoms with E-state index in [1.807, 2.05) is 0 Å². The van der Waals surface area contributed by atoms with Crippen LogP contribution in [0.15, 0.2) is 12.2 Å². The van der Waals surface area contributed by atoms with Crippen LogP contribution < -0.4 is 0 Å². The van der Waals surface area contributed by atoms with Crippen molar-refractivity contribution in [3.05, 3.63) is 12.2 Å². The molecule has 0 bridgehead atoms. The Morgan fingerprint density at radius 1 is 1.44 bits per heavy atom. The Bertz CT molecular complexity index is 223. The van der Waals surface area contributed by atoms with E-state index in [9.17, 15) is 4.79 Å². The van der Waals surface area contributed by atoms with E-state index in [-0.39, 0.29) is 18.7 Å². The van der Waals surface area contributed by atoms with Crippen molar-refractivity contribution >= 4 is 5.97 Å². The molecule has 1 N–H and O–H groups in total. The highest BCUT2D eigenvalue weighted by Crippen LogP contribution is 2.17. The Morgan fingerprint density at radius 3 is 2.50 bits per heavy atom. The van der Waals surface area contributed by atoms with Gasteiger partial charge in [0.05, 0.1) is 0 Å². The molecule has 16 heavy (non-hydrogen) atoms. The van der Waals surface area contributed by atoms with Gasteiger partial charge in [-0.2, -0.15) is 0 Å². The maximum absolute atomic E-state index is 11.4. The normalized spacial score (nSPS) is 14.2. The monoisotopic (exact) mass is 228 g/mol. The summed E-state index contributed by atoms with van der Waals surface area (Å²) < 4.78 is 5.27. The second-order valence-electron chi connectivity index (χ2n) is 4.45. The predicted octanol–water partition coefficient (Wildman–Crippen LogP) is 2.68. The van der Waals surface area contributed by atoms with Crippen LogP contribution in [0, 0.1) is 5.92 Å². The first-order valence-electron chi connectivity index (χ1n) is 5.98. The zero-order valence-electron chi connectivity index (χ0n) is 10.7. The van der Waals surface area contributed by atoms with Gasteiger partial charge in [0.25, 0.3) is 0 Å². The van der Waals surface area contributed by atoms with Crippen molar-refractivity contribution in [1.29, 1.82) is 0 Å². The second-order valence-corrected chi connectivity index (χ2v) is 4.45. The number of hydrogen-bond donors (Lipinski definition) is 1. The van der Waals surface area contributed by atoms with Crippen molar-refractivity contribution in [3.63, 3.8) is 0 Å². The summed E-state index contributed by atoms with van der Waals surface area (Å²) in [6, 6.07) is 0. The highest BCUT2D eigenvalue weighted by Gasteiger charge is 2.17. The number of hydrogen-bond acceptors (Lipinski definition) is 3. The van der Waals surface area contributed by atoms with Gasteiger partial charge in [-0.15, -0.1) is 0 Å². The third-order valence-corrected chi connectivity index (χ3v) is 2.52. The summed E-state index contributed by atoms with van der Waals surface area (Å²) >= 11 is 0. The number of rotatable bonds is 8. The number of aliphatic hydroxyl groups is 1. The van der Waals surface area contributed by atoms with Crippen molar-refractivity contribution in [1.82, 2.24) is 0 Å². The summed E-state index contributed by atoms with van der Waals surface area (Å²) in [7, 11) is 0. The van der Waals surface area contributed by atoms with E-state index in [0.29, 0.717) is 17.9 Å². The third kappa shape index (κ3) is 6.62. The summed E-state index contributed by atoms with van der Waals surface area (Å²) in [6.07, 6.45) is 3.38. The smallest absolute Gasteiger partial charge is 0.333 e. The van der Waals surface area contributed by atoms with E-state index < -0.39 is 0 Å². The molecule has 0 radical (unpaired) electrons. The first-order valence-corrected chi connectivity index (χ1v) is 5.98. The Kier molecular flexibility index (Phi) is 7.90. The highest BCUT2D eigenvalue weighted by molar-refractivity contribution is 5.87. The van der Waals surface area contributed by atoms with Gasteiger partial charge < -0.3 is 9.84 Å². The number of esters is 1. The van der Waals surface area contributed by atoms with Crippen molar-refractivity contribution in [2.75, 3.05) is 6.61 Å². The molecule has 2 atom stereocenters. The van der Waals surface area contributed by atoms with Crippen LogP contribution >= 0.6 is 0 Å². The van der Waals surface area contributed by atoms with Crippen LogP contribution in [0.2, 0.25) is 0 Å². The molecule has 3 nitrogen and oxygen atoms in total. The van der Waals surface area contributed by atoms with Gasteiger partial charge in [0, 0.05) is 18.6 Å². The molecule has 0 aromatic carbocycles. The van der Waals surface area contributed by atoms with Crippen LogP contribution in [0.1, 0.15) is 46.5 Å². The first-order chi connectivity index (χ1) is 7.51. The molecular formula is C13H24O3. The molecule has 0 saturated heterocycles. The maximum Gasteiger partial charge on any atom is 0.333 e. The van der Waals surface area contributed by atoms with E-state index in [0.717, 1.165) is 19.3 Å². The van der Waals surface area contributed by atoms with Crippen LogP contribution in [0.4, 0.5) is 0 Å². The summed E-state index contributed by atoms with van der Waals surface area (Å²) in [5.41, 5.74) is 0.408. The van der Waals surface area contributed by atoms with Crippen LogP contribution in [0.5, 0.6) is 0 Å². The molecule has 0 fully saturated rings. The van der Waals surface area contributed by atoms with Gasteiger partial charge in [0.2, 0.25) is 0 Å². The Labute approximate surface area is 98.5 Å². The molecule has 3 heteroatoms. The molecule has 0 amide bonds. The molecule has 0 aromatic rings. The molecule has 0 aliphatic heterocycles. The minimum absolute atomic E-state index is 0.0486. The molecule has 2 unspecified atom stereocenters. The number of carbonyl (C=O) groups excluding carboxylic acids is 1. The van der Waals surface area contributed by atoms with Crippen LogP contribution in [0.3, 0.4) is 0 Å². The summed E-state index contributed by atoms with van der Waals surface area (Å²) in [4.78, 5) is 11.4. The van der Waals surface area contributed by atoms with Gasteiger partial charge in [0.1, 0.15) is 6.10 Å². The van der Waals surface area contributed by atoms with Gasteiger partial charge in [-0.1, -0.05) is 33.3 Å². The van der Waals surface area contributed by atoms with Gasteiger partial charge in [-0.05, 0) is 19.3 Å². The molecule has 0 spiro atoms. The largest absolute Gasteiger partial charge is 0.459 e. The molecule has 0 aromatic heterocycles. The number of ether oxygens (including phenoxy) is 1. The molecule has 0 rings (SSSR count). The van der Waals surface area contributed by atoms with Crippen molar-refractivity contribution in [2.45, 2.75) is 52.6 Å². The Balaban J connectivity index is 4.15. The molecule has 0 aliphatic rings. The third-order valence-electron chi connectivity index (χ3n) is 2.52. The van der Waals surface area contributed by atoms with Crippen molar-refractivity contribution < 1.29 is 14.6 Å². The highest BCUT2D eigenvalue weighted by atomic mass is 16.5. The average molecular weight is 228 g/mol. The van der Waals surface area contributed by atoms with E-state index in [4.69, 9.17) is 9.84 Å². The molecule has 0 aliphatic carbocycles. The minimum atomic E-state index is -0.359. The summed E-state index contributed by atoms with van der Waals surface area (Å²) in [6.45, 7) is 9.51. The lowest BCUT2D eigenvalue weighted by Gasteiger charge is -2.20. The fraction of sp³-hybridized carbons (Fsp3) is 0.769. The van der Waals surface area contributed by atoms with Gasteiger partial charge in [-0.3, -0.25) is 0 Å². The van der Waals surface area contributed by atoms with E-state index in [2.05, 4.69) is 20.4 Å². The fourth-order valence-corrected chi connectivity index (χ4v) is 1.68. The molecule has 0 saturated carbocycles. The topological polar surface area (TPSA) is 46.5 Å². The van der Waals surface area contributed by atoms with Crippen LogP contribution in [-0.4, -0.2) is 23.8 Å². The zero-order chi connectivity index (χ0) is 12.6. The SMILES string of the molecule is C=C(C)C(=O)OC(CCO)CC(C)CCC. The molecular weight excluding hydrogens is 204 g/mol. The lowest BCUT2D eigenvalue weighted by Crippen LogP contribution is -2.22. The lowest BCUT2D eigenvalue weighted by atomic mass is 9.97. The minimum Gasteiger partial charge on any atom is -0.459 e. The standard InChI is InChI=1S/C13H24O3/c1-5-6-11(4)9-12(7-8-14)16-13(15)10(2)3/h11-12,14H,2,5-9H2,1,3-4H3. The lowest BCUT2D eigenvalue weighted by molar-refractivity contribution is -0.145. The van der Waals surface area contributed by atoms with Crippen molar-refractivity contribution in [2.24, 2.45) is 5.92 Å². The number of aliphatic hydroxyl groups excluding tert-OH is 1. The Morgan fingerprint density at radius 2 is 2.06 bits per heavy atom. The van der Waals surface area contributed by atoms with Crippen molar-refractivity contribution in [3.8, 4) is 0 Å². The quantitative estimate of drug-likeness (QED) is 0.513. The van der Waals surface area contributed by atoms with E-state index >= 15 is 0 Å². The number of carbonyl (C=O) groups is 1. The van der Waals surface area contributed by atoms with Crippen LogP contribution in [0.25, 0.3) is 0 Å². The van der Waals surface area contributed by atoms with E-state index in [1.54, 1.807) is 6.92 Å². The Hall–Kier alpha value is -0.830. The first kappa shape index (κ1) is 15.2. The molecule has 0 heterocycles. The van der Waals surface area contributed by atoms with Crippen LogP contribution in [-0.2, 0) is 9.53 Å². The summed E-state index contributed by atoms with van der Waals surface area (Å²) in [5.74, 6) is 0.154. The average Bonchev–Trinajstić information content (AvgIpc) is 2.17. The maximum atomic E-state index is 11.4. The predicted molar refractivity (Wildman–Crippen MR) is 65.1 cm³/mol.